The van der Waals surface area contributed by atoms with Crippen LogP contribution in [0.15, 0.2) is 0 Å². The summed E-state index contributed by atoms with van der Waals surface area (Å²) in [6.45, 7) is -1.60. The fourth-order valence-electron chi connectivity index (χ4n) is 5.40. The maximum Gasteiger partial charge on any atom is 0.469 e. The van der Waals surface area contributed by atoms with Crippen LogP contribution in [0, 0.1) is 0 Å². The summed E-state index contributed by atoms with van der Waals surface area (Å²) in [5.74, 6) is -2.64. The minimum Gasteiger partial charge on any atom is -0.394 e. The predicted molar refractivity (Wildman–Crippen MR) is 125 cm³/mol. The Kier molecular flexibility index (Phi) is 9.93. The van der Waals surface area contributed by atoms with E-state index in [9.17, 15) is 40.3 Å². The highest BCUT2D eigenvalue weighted by Gasteiger charge is 2.67. The van der Waals surface area contributed by atoms with Crippen molar-refractivity contribution in [2.45, 2.75) is 104 Å². The number of ether oxygens (including phenoxy) is 5. The Balaban J connectivity index is 1.60. The van der Waals surface area contributed by atoms with Crippen molar-refractivity contribution in [1.82, 2.24) is 5.32 Å². The average Bonchev–Trinajstić information content (AvgIpc) is 3.30. The van der Waals surface area contributed by atoms with Gasteiger partial charge in [-0.15, -0.1) is 0 Å². The fraction of sp³-hybridized carbons (Fsp3) is 1.00. The van der Waals surface area contributed by atoms with E-state index >= 15 is 0 Å². The van der Waals surface area contributed by atoms with Gasteiger partial charge in [0.2, 0.25) is 0 Å². The van der Waals surface area contributed by atoms with Crippen LogP contribution in [0.5, 0.6) is 0 Å². The van der Waals surface area contributed by atoms with Crippen molar-refractivity contribution in [1.29, 1.82) is 0 Å². The number of phosphoric ester groups is 1. The molecule has 1 saturated carbocycles. The van der Waals surface area contributed by atoms with Gasteiger partial charge in [-0.3, -0.25) is 4.52 Å². The maximum atomic E-state index is 11.1. The van der Waals surface area contributed by atoms with E-state index in [2.05, 4.69) is 9.84 Å². The standard InChI is InChI=1S/C20H38N3O16P/c1-23-7-2-5(21)9(25)15(10(7)26)36-19-17-16(11(27)8(3-24)35-19)38-20(39-17)18(30)13(29)12(28)14(37-20)6(22)4-34-40(31,32)33/h5-19,23-30H,2-4,21-22H2,1H3,(H2,31,32,33)/t5-,6+,7+,8-,9+,10-,11+,12-,13+,14-,15-,16+,17+,18-,19+,20?/m1/s1. The second-order valence-electron chi connectivity index (χ2n) is 10.3. The van der Waals surface area contributed by atoms with Crippen molar-refractivity contribution in [3.8, 4) is 0 Å². The molecule has 0 aromatic rings. The molecular weight excluding hydrogens is 569 g/mol. The highest BCUT2D eigenvalue weighted by Crippen LogP contribution is 2.46. The zero-order chi connectivity index (χ0) is 29.7. The van der Waals surface area contributed by atoms with Gasteiger partial charge in [0, 0.05) is 12.1 Å². The molecule has 1 aliphatic carbocycles. The molecule has 4 rings (SSSR count). The lowest BCUT2D eigenvalue weighted by atomic mass is 9.84. The zero-order valence-electron chi connectivity index (χ0n) is 21.3. The third-order valence-electron chi connectivity index (χ3n) is 7.64. The summed E-state index contributed by atoms with van der Waals surface area (Å²) in [5.41, 5.74) is 11.9. The molecule has 19 nitrogen and oxygen atoms in total. The van der Waals surface area contributed by atoms with E-state index in [1.807, 2.05) is 0 Å². The fourth-order valence-corrected chi connectivity index (χ4v) is 5.77. The maximum absolute atomic E-state index is 11.1. The first kappa shape index (κ1) is 32.4. The van der Waals surface area contributed by atoms with Crippen LogP contribution in [0.2, 0.25) is 0 Å². The van der Waals surface area contributed by atoms with Crippen LogP contribution in [-0.4, -0.2) is 163 Å². The Hall–Kier alpha value is -0.490. The lowest BCUT2D eigenvalue weighted by Gasteiger charge is -2.46. The normalized spacial score (nSPS) is 50.6. The molecule has 0 radical (unpaired) electrons. The summed E-state index contributed by atoms with van der Waals surface area (Å²) in [6.07, 6.45) is -19.1. The van der Waals surface area contributed by atoms with Crippen molar-refractivity contribution in [2.24, 2.45) is 11.5 Å². The van der Waals surface area contributed by atoms with Gasteiger partial charge in [0.25, 0.3) is 0 Å². The molecule has 0 aromatic heterocycles. The Morgan fingerprint density at radius 1 is 1.00 bits per heavy atom. The highest BCUT2D eigenvalue weighted by atomic mass is 31.2. The smallest absolute Gasteiger partial charge is 0.394 e. The number of nitrogens with two attached hydrogens (primary N) is 2. The minimum atomic E-state index is -4.97. The number of fused-ring (bicyclic) bond motifs is 1. The number of rotatable bonds is 8. The Morgan fingerprint density at radius 2 is 1.65 bits per heavy atom. The Bertz CT molecular complexity index is 919. The van der Waals surface area contributed by atoms with Gasteiger partial charge in [0.05, 0.1) is 31.5 Å². The molecule has 0 amide bonds. The number of hydrogen-bond donors (Lipinski definition) is 12. The number of aliphatic hydroxyl groups excluding tert-OH is 7. The van der Waals surface area contributed by atoms with Gasteiger partial charge in [0.1, 0.15) is 48.8 Å². The van der Waals surface area contributed by atoms with E-state index in [0.717, 1.165) is 0 Å². The van der Waals surface area contributed by atoms with Gasteiger partial charge < -0.3 is 86.0 Å². The van der Waals surface area contributed by atoms with Crippen LogP contribution < -0.4 is 16.8 Å². The number of phosphoric acid groups is 1. The van der Waals surface area contributed by atoms with Crippen molar-refractivity contribution >= 4 is 7.82 Å². The van der Waals surface area contributed by atoms with Gasteiger partial charge in [-0.25, -0.2) is 4.57 Å². The molecule has 234 valence electrons. The monoisotopic (exact) mass is 607 g/mol. The van der Waals surface area contributed by atoms with Crippen LogP contribution in [0.3, 0.4) is 0 Å². The van der Waals surface area contributed by atoms with Crippen LogP contribution in [0.1, 0.15) is 6.42 Å². The lowest BCUT2D eigenvalue weighted by molar-refractivity contribution is -0.439. The third-order valence-corrected chi connectivity index (χ3v) is 8.13. The van der Waals surface area contributed by atoms with Crippen LogP contribution in [-0.2, 0) is 32.8 Å². The molecule has 1 unspecified atom stereocenters. The molecule has 3 heterocycles. The van der Waals surface area contributed by atoms with E-state index in [-0.39, 0.29) is 6.42 Å². The molecule has 14 N–H and O–H groups in total. The molecule has 40 heavy (non-hydrogen) atoms. The molecule has 20 heteroatoms. The van der Waals surface area contributed by atoms with E-state index in [1.165, 1.54) is 0 Å². The molecule has 16 atom stereocenters. The second kappa shape index (κ2) is 12.2. The van der Waals surface area contributed by atoms with E-state index < -0.39 is 119 Å². The third kappa shape index (κ3) is 6.10. The van der Waals surface area contributed by atoms with Crippen LogP contribution in [0.25, 0.3) is 0 Å². The first-order valence-corrected chi connectivity index (χ1v) is 14.1. The van der Waals surface area contributed by atoms with Gasteiger partial charge in [-0.05, 0) is 13.5 Å². The lowest BCUT2D eigenvalue weighted by Crippen LogP contribution is -2.69. The SMILES string of the molecule is CN[C@H]1C[C@@H](N)[C@H](O)[C@@H](O[C@@H]2O[C@H](CO)[C@H](O)[C@@H]3OC4(O[C@H]23)O[C@H]([C@@H](N)COP(=O)(O)O)[C@H](O)[C@H](O)[C@H]4O)[C@@H]1O. The molecule has 1 spiro atoms. The van der Waals surface area contributed by atoms with Gasteiger partial charge in [-0.2, -0.15) is 0 Å². The first-order valence-electron chi connectivity index (χ1n) is 12.6. The van der Waals surface area contributed by atoms with E-state index in [0.29, 0.717) is 0 Å². The Labute approximate surface area is 227 Å². The van der Waals surface area contributed by atoms with Gasteiger partial charge in [-0.1, -0.05) is 0 Å². The average molecular weight is 608 g/mol. The molecule has 3 aliphatic heterocycles. The number of likely N-dealkylation sites (N-methyl/N-ethyl adjacent to an activating group) is 1. The predicted octanol–water partition coefficient (Wildman–Crippen LogP) is -7.15. The highest BCUT2D eigenvalue weighted by molar-refractivity contribution is 7.46. The number of hydrogen-bond acceptors (Lipinski definition) is 17. The second-order valence-corrected chi connectivity index (χ2v) is 11.6. The summed E-state index contributed by atoms with van der Waals surface area (Å²) < 4.78 is 44.1. The first-order chi connectivity index (χ1) is 18.6. The van der Waals surface area contributed by atoms with Gasteiger partial charge in [0.15, 0.2) is 12.4 Å². The van der Waals surface area contributed by atoms with E-state index in [4.69, 9.17) is 44.9 Å². The van der Waals surface area contributed by atoms with Crippen molar-refractivity contribution in [3.63, 3.8) is 0 Å². The summed E-state index contributed by atoms with van der Waals surface area (Å²) in [6, 6.07) is -2.89. The molecule has 0 bridgehead atoms. The van der Waals surface area contributed by atoms with Crippen molar-refractivity contribution in [3.05, 3.63) is 0 Å². The molecule has 0 aromatic carbocycles. The summed E-state index contributed by atoms with van der Waals surface area (Å²) in [4.78, 5) is 17.9. The minimum absolute atomic E-state index is 0.213. The zero-order valence-corrected chi connectivity index (χ0v) is 22.2. The van der Waals surface area contributed by atoms with Crippen molar-refractivity contribution in [2.75, 3.05) is 20.3 Å². The quantitative estimate of drug-likeness (QED) is 0.114. The molecule has 4 fully saturated rings. The summed E-state index contributed by atoms with van der Waals surface area (Å²) >= 11 is 0. The topological polar surface area (TPSA) is 319 Å². The number of nitrogens with one attached hydrogen (secondary N) is 1. The molecule has 3 saturated heterocycles. The van der Waals surface area contributed by atoms with Crippen molar-refractivity contribution < 1.29 is 78.3 Å². The largest absolute Gasteiger partial charge is 0.469 e. The van der Waals surface area contributed by atoms with E-state index in [1.54, 1.807) is 7.05 Å². The summed E-state index contributed by atoms with van der Waals surface area (Å²) in [7, 11) is -3.40. The van der Waals surface area contributed by atoms with Gasteiger partial charge >= 0.3 is 13.8 Å². The molecular formula is C20H38N3O16P. The van der Waals surface area contributed by atoms with Crippen LogP contribution >= 0.6 is 7.82 Å². The van der Waals surface area contributed by atoms with Crippen LogP contribution in [0.4, 0.5) is 0 Å². The number of aliphatic hydroxyl groups is 7. The summed E-state index contributed by atoms with van der Waals surface area (Å²) in [5, 5.41) is 76.7. The molecule has 4 aliphatic rings. The Morgan fingerprint density at radius 3 is 2.25 bits per heavy atom.